The highest BCUT2D eigenvalue weighted by Crippen LogP contribution is 2.42. The number of benzene rings is 1. The van der Waals surface area contributed by atoms with Crippen molar-refractivity contribution in [1.82, 2.24) is 25.2 Å². The molecule has 6 aliphatic rings. The van der Waals surface area contributed by atoms with E-state index in [1.54, 1.807) is 6.07 Å². The average molecular weight is 846 g/mol. The number of carbonyl (C=O) groups is 5. The van der Waals surface area contributed by atoms with Gasteiger partial charge < -0.3 is 29.7 Å². The summed E-state index contributed by atoms with van der Waals surface area (Å²) in [4.78, 5) is 76.1. The first-order chi connectivity index (χ1) is 28.9. The van der Waals surface area contributed by atoms with Crippen molar-refractivity contribution in [1.29, 1.82) is 0 Å². The number of sulfonamides is 1. The van der Waals surface area contributed by atoms with E-state index in [0.717, 1.165) is 44.9 Å². The van der Waals surface area contributed by atoms with Crippen molar-refractivity contribution >= 4 is 50.7 Å². The topological polar surface area (TPSA) is 199 Å². The number of fused-ring (bicyclic) bond motifs is 5. The molecule has 2 aromatic rings. The van der Waals surface area contributed by atoms with E-state index >= 15 is 4.79 Å². The Labute approximate surface area is 350 Å². The second-order valence-electron chi connectivity index (χ2n) is 17.4. The molecule has 7 atom stereocenters. The molecule has 7 unspecified atom stereocenters. The number of esters is 1. The van der Waals surface area contributed by atoms with Gasteiger partial charge in [-0.25, -0.2) is 18.2 Å². The van der Waals surface area contributed by atoms with Crippen LogP contribution >= 0.6 is 0 Å². The Hall–Kier alpha value is -4.99. The lowest BCUT2D eigenvalue weighted by molar-refractivity contribution is -0.145. The van der Waals surface area contributed by atoms with Gasteiger partial charge in [0.1, 0.15) is 35.6 Å². The quantitative estimate of drug-likeness (QED) is 0.241. The number of rotatable bonds is 8. The smallest absolute Gasteiger partial charge is 0.408 e. The second kappa shape index (κ2) is 17.2. The van der Waals surface area contributed by atoms with Crippen LogP contribution in [-0.4, -0.2) is 89.7 Å². The lowest BCUT2D eigenvalue weighted by atomic mass is 9.66. The van der Waals surface area contributed by atoms with Crippen LogP contribution in [0.3, 0.4) is 0 Å². The molecule has 2 aliphatic heterocycles. The van der Waals surface area contributed by atoms with E-state index in [1.165, 1.54) is 17.9 Å². The van der Waals surface area contributed by atoms with Gasteiger partial charge in [-0.15, -0.1) is 6.58 Å². The minimum absolute atomic E-state index is 0.0212. The highest BCUT2D eigenvalue weighted by atomic mass is 32.2. The van der Waals surface area contributed by atoms with E-state index in [-0.39, 0.29) is 43.2 Å². The standard InChI is InChI=1S/C44H55N5O10S/c1-3-29-22-23-44(29,42(53)48-60(55,56)31-20-21-31)47-39(51)35-24-30-25-49(35)41(52)37(28-13-7-8-14-28)46-43(54)59-36-19-11-15-27(36)12-5-4-6-17-33-38(57-26(2)50)32-16-9-10-18-34(32)45-40(33)58-30/h3-4,6,9-10,16,18,27-31,35-37H,1,5,7-8,11-15,17,19-25H2,2H3,(H,46,54)(H,47,51)(H,48,53). The normalized spacial score (nSPS) is 30.1. The Kier molecular flexibility index (Phi) is 11.9. The Balaban J connectivity index is 1.17. The third-order valence-corrected chi connectivity index (χ3v) is 15.3. The molecule has 3 heterocycles. The minimum atomic E-state index is -3.94. The maximum Gasteiger partial charge on any atom is 0.408 e. The number of para-hydroxylation sites is 1. The van der Waals surface area contributed by atoms with Crippen LogP contribution in [0.5, 0.6) is 11.6 Å². The number of aromatic nitrogens is 1. The monoisotopic (exact) mass is 845 g/mol. The maximum absolute atomic E-state index is 15.0. The number of pyridine rings is 1. The lowest BCUT2D eigenvalue weighted by Crippen LogP contribution is -2.70. The summed E-state index contributed by atoms with van der Waals surface area (Å²) in [6.07, 6.45) is 12.8. The molecule has 5 fully saturated rings. The predicted octanol–water partition coefficient (Wildman–Crippen LogP) is 4.91. The first-order valence-corrected chi connectivity index (χ1v) is 23.1. The van der Waals surface area contributed by atoms with Crippen molar-refractivity contribution in [3.8, 4) is 11.6 Å². The van der Waals surface area contributed by atoms with Crippen molar-refractivity contribution in [3.05, 3.63) is 54.6 Å². The Morgan fingerprint density at radius 2 is 1.75 bits per heavy atom. The van der Waals surface area contributed by atoms with E-state index in [4.69, 9.17) is 19.2 Å². The molecule has 1 aromatic carbocycles. The molecule has 16 heteroatoms. The van der Waals surface area contributed by atoms with Gasteiger partial charge in [-0.05, 0) is 101 Å². The first kappa shape index (κ1) is 41.7. The third kappa shape index (κ3) is 8.48. The number of hydrogen-bond acceptors (Lipinski definition) is 11. The molecule has 15 nitrogen and oxygen atoms in total. The van der Waals surface area contributed by atoms with Crippen LogP contribution in [0.25, 0.3) is 10.9 Å². The fraction of sp³-hybridized carbons (Fsp3) is 0.591. The zero-order valence-electron chi connectivity index (χ0n) is 34.1. The number of ether oxygens (including phenoxy) is 3. The van der Waals surface area contributed by atoms with Crippen molar-refractivity contribution < 1.29 is 46.6 Å². The molecule has 3 N–H and O–H groups in total. The van der Waals surface area contributed by atoms with Gasteiger partial charge in [0.2, 0.25) is 27.7 Å². The summed E-state index contributed by atoms with van der Waals surface area (Å²) in [6.45, 7) is 5.12. The van der Waals surface area contributed by atoms with E-state index in [0.29, 0.717) is 60.7 Å². The summed E-state index contributed by atoms with van der Waals surface area (Å²) >= 11 is 0. The number of alkyl carbamates (subject to hydrolysis) is 1. The maximum atomic E-state index is 15.0. The zero-order chi connectivity index (χ0) is 42.2. The molecule has 2 bridgehead atoms. The molecule has 8 rings (SSSR count). The summed E-state index contributed by atoms with van der Waals surface area (Å²) in [5.74, 6) is -2.63. The Morgan fingerprint density at radius 1 is 0.983 bits per heavy atom. The van der Waals surface area contributed by atoms with Crippen molar-refractivity contribution in [2.45, 2.75) is 138 Å². The number of nitrogens with zero attached hydrogens (tertiary/aromatic N) is 2. The molecule has 322 valence electrons. The minimum Gasteiger partial charge on any atom is -0.472 e. The number of carbonyl (C=O) groups excluding carboxylic acids is 5. The van der Waals surface area contributed by atoms with Gasteiger partial charge in [-0.1, -0.05) is 43.2 Å². The average Bonchev–Trinajstić information content (AvgIpc) is 3.54. The predicted molar refractivity (Wildman–Crippen MR) is 220 cm³/mol. The van der Waals surface area contributed by atoms with Crippen LogP contribution in [0.4, 0.5) is 4.79 Å². The number of allylic oxidation sites excluding steroid dienone is 2. The van der Waals surface area contributed by atoms with Gasteiger partial charge in [-0.3, -0.25) is 23.9 Å². The molecule has 4 saturated carbocycles. The van der Waals surface area contributed by atoms with Gasteiger partial charge in [0.25, 0.3) is 5.91 Å². The molecule has 0 spiro atoms. The van der Waals surface area contributed by atoms with Crippen molar-refractivity contribution in [2.24, 2.45) is 17.8 Å². The fourth-order valence-electron chi connectivity index (χ4n) is 9.93. The SMILES string of the molecule is C=CC1CCC1(NC(=O)C1CC2CN1C(=O)C(C1CCCC1)NC(=O)OC1CCCC1CCC=CCc1c(nc3ccccc3c1OC(C)=O)O2)C(=O)NS(=O)(=O)C1CC1. The molecule has 1 aromatic heterocycles. The van der Waals surface area contributed by atoms with E-state index < -0.39 is 74.7 Å². The fourth-order valence-corrected chi connectivity index (χ4v) is 11.3. The summed E-state index contributed by atoms with van der Waals surface area (Å²) in [6, 6.07) is 5.07. The van der Waals surface area contributed by atoms with Crippen LogP contribution in [0.1, 0.15) is 102 Å². The molecule has 1 saturated heterocycles. The van der Waals surface area contributed by atoms with Crippen LogP contribution < -0.4 is 24.8 Å². The van der Waals surface area contributed by atoms with Gasteiger partial charge in [-0.2, -0.15) is 0 Å². The molecule has 4 aliphatic carbocycles. The van der Waals surface area contributed by atoms with Gasteiger partial charge in [0.15, 0.2) is 0 Å². The first-order valence-electron chi connectivity index (χ1n) is 21.6. The van der Waals surface area contributed by atoms with Gasteiger partial charge in [0.05, 0.1) is 22.9 Å². The van der Waals surface area contributed by atoms with E-state index in [2.05, 4.69) is 28.0 Å². The second-order valence-corrected chi connectivity index (χ2v) is 19.3. The molecule has 4 amide bonds. The van der Waals surface area contributed by atoms with Crippen molar-refractivity contribution in [3.63, 3.8) is 0 Å². The van der Waals surface area contributed by atoms with E-state index in [1.807, 2.05) is 24.3 Å². The number of nitrogens with one attached hydrogen (secondary N) is 3. The van der Waals surface area contributed by atoms with E-state index in [9.17, 15) is 27.6 Å². The number of amides is 4. The van der Waals surface area contributed by atoms with Crippen LogP contribution in [0.2, 0.25) is 0 Å². The summed E-state index contributed by atoms with van der Waals surface area (Å²) in [5.41, 5.74) is -0.560. The van der Waals surface area contributed by atoms with Crippen LogP contribution in [-0.2, 0) is 40.4 Å². The molecular weight excluding hydrogens is 791 g/mol. The Bertz CT molecular complexity index is 2190. The van der Waals surface area contributed by atoms with Gasteiger partial charge in [0, 0.05) is 24.6 Å². The zero-order valence-corrected chi connectivity index (χ0v) is 34.9. The van der Waals surface area contributed by atoms with Gasteiger partial charge >= 0.3 is 12.1 Å². The summed E-state index contributed by atoms with van der Waals surface area (Å²) in [5, 5.41) is 5.79. The molecule has 60 heavy (non-hydrogen) atoms. The summed E-state index contributed by atoms with van der Waals surface area (Å²) in [7, 11) is -3.94. The number of hydrogen-bond donors (Lipinski definition) is 3. The Morgan fingerprint density at radius 3 is 2.47 bits per heavy atom. The van der Waals surface area contributed by atoms with Crippen molar-refractivity contribution in [2.75, 3.05) is 6.54 Å². The largest absolute Gasteiger partial charge is 0.472 e. The lowest BCUT2D eigenvalue weighted by Gasteiger charge is -2.47. The molecule has 0 radical (unpaired) electrons. The van der Waals surface area contributed by atoms with Crippen LogP contribution in [0, 0.1) is 17.8 Å². The van der Waals surface area contributed by atoms with Crippen LogP contribution in [0.15, 0.2) is 49.1 Å². The highest BCUT2D eigenvalue weighted by Gasteiger charge is 2.56. The highest BCUT2D eigenvalue weighted by molar-refractivity contribution is 7.91. The molecular formula is C44H55N5O10S. The third-order valence-electron chi connectivity index (χ3n) is 13.4. The summed E-state index contributed by atoms with van der Waals surface area (Å²) < 4.78 is 46.7.